The molecular formula is C19H23Cl2N3O4. The molecule has 3 aliphatic rings. The van der Waals surface area contributed by atoms with Crippen molar-refractivity contribution < 1.29 is 14.1 Å². The van der Waals surface area contributed by atoms with Crippen molar-refractivity contribution >= 4 is 36.4 Å². The van der Waals surface area contributed by atoms with Crippen LogP contribution in [0.5, 0.6) is 0 Å². The third-order valence-electron chi connectivity index (χ3n) is 5.42. The molecular weight excluding hydrogens is 405 g/mol. The highest BCUT2D eigenvalue weighted by Gasteiger charge is 2.35. The number of furan rings is 1. The highest BCUT2D eigenvalue weighted by Crippen LogP contribution is 2.32. The van der Waals surface area contributed by atoms with Gasteiger partial charge in [-0.25, -0.2) is 0 Å². The van der Waals surface area contributed by atoms with Gasteiger partial charge in [-0.2, -0.15) is 0 Å². The fourth-order valence-electron chi connectivity index (χ4n) is 3.97. The van der Waals surface area contributed by atoms with Gasteiger partial charge < -0.3 is 14.6 Å². The molecule has 3 fully saturated rings. The maximum Gasteiger partial charge on any atom is 0.287 e. The number of aryl methyl sites for hydroxylation is 1. The van der Waals surface area contributed by atoms with Gasteiger partial charge in [0, 0.05) is 18.7 Å². The summed E-state index contributed by atoms with van der Waals surface area (Å²) in [7, 11) is 0. The highest BCUT2D eigenvalue weighted by molar-refractivity contribution is 5.92. The number of carbonyl (C=O) groups excluding carboxylic acids is 1. The van der Waals surface area contributed by atoms with Crippen LogP contribution in [0.1, 0.15) is 29.0 Å². The molecule has 9 heteroatoms. The Morgan fingerprint density at radius 2 is 1.93 bits per heavy atom. The number of benzene rings is 1. The van der Waals surface area contributed by atoms with Crippen molar-refractivity contribution in [3.8, 4) is 11.3 Å². The van der Waals surface area contributed by atoms with E-state index in [9.17, 15) is 14.9 Å². The van der Waals surface area contributed by atoms with Crippen LogP contribution in [0.25, 0.3) is 11.3 Å². The van der Waals surface area contributed by atoms with Gasteiger partial charge in [-0.05, 0) is 62.5 Å². The van der Waals surface area contributed by atoms with Crippen molar-refractivity contribution in [3.05, 3.63) is 51.8 Å². The van der Waals surface area contributed by atoms with Crippen LogP contribution in [0.15, 0.2) is 34.7 Å². The molecule has 3 saturated heterocycles. The molecule has 3 aliphatic heterocycles. The first-order valence-electron chi connectivity index (χ1n) is 8.90. The number of fused-ring (bicyclic) bond motifs is 3. The number of nitro benzene ring substituents is 1. The van der Waals surface area contributed by atoms with E-state index >= 15 is 0 Å². The largest absolute Gasteiger partial charge is 0.451 e. The summed E-state index contributed by atoms with van der Waals surface area (Å²) in [4.78, 5) is 25.8. The first-order chi connectivity index (χ1) is 12.5. The van der Waals surface area contributed by atoms with Gasteiger partial charge in [0.15, 0.2) is 5.76 Å². The van der Waals surface area contributed by atoms with Crippen LogP contribution in [0, 0.1) is 23.0 Å². The SMILES string of the molecule is Cc1ccc(-c2ccc(C(=O)N[C@H]3CN4CCC3CC4)o2)c([N+](=O)[O-])c1.Cl.Cl. The Kier molecular flexibility index (Phi) is 7.09. The normalized spacial score (nSPS) is 22.7. The summed E-state index contributed by atoms with van der Waals surface area (Å²) in [6.45, 7) is 4.90. The lowest BCUT2D eigenvalue weighted by atomic mass is 9.84. The van der Waals surface area contributed by atoms with Crippen molar-refractivity contribution in [2.24, 2.45) is 5.92 Å². The predicted octanol–water partition coefficient (Wildman–Crippen LogP) is 3.83. The van der Waals surface area contributed by atoms with Gasteiger partial charge in [-0.1, -0.05) is 6.07 Å². The Morgan fingerprint density at radius 1 is 1.21 bits per heavy atom. The van der Waals surface area contributed by atoms with E-state index in [4.69, 9.17) is 4.42 Å². The zero-order valence-electron chi connectivity index (χ0n) is 15.4. The van der Waals surface area contributed by atoms with Crippen molar-refractivity contribution in [3.63, 3.8) is 0 Å². The molecule has 4 heterocycles. The van der Waals surface area contributed by atoms with E-state index in [1.54, 1.807) is 31.2 Å². The summed E-state index contributed by atoms with van der Waals surface area (Å²) in [5, 5.41) is 14.4. The number of halogens is 2. The molecule has 1 atom stereocenters. The second-order valence-electron chi connectivity index (χ2n) is 7.16. The Hall–Kier alpha value is -2.09. The number of nitrogens with one attached hydrogen (secondary N) is 1. The molecule has 2 aromatic rings. The van der Waals surface area contributed by atoms with Crippen LogP contribution in [-0.2, 0) is 0 Å². The van der Waals surface area contributed by atoms with Crippen LogP contribution in [0.3, 0.4) is 0 Å². The van der Waals surface area contributed by atoms with Crippen molar-refractivity contribution in [2.45, 2.75) is 25.8 Å². The molecule has 0 saturated carbocycles. The van der Waals surface area contributed by atoms with E-state index < -0.39 is 4.92 Å². The van der Waals surface area contributed by atoms with Crippen LogP contribution in [0.2, 0.25) is 0 Å². The molecule has 7 nitrogen and oxygen atoms in total. The van der Waals surface area contributed by atoms with Crippen LogP contribution in [-0.4, -0.2) is 41.4 Å². The Labute approximate surface area is 175 Å². The van der Waals surface area contributed by atoms with Crippen molar-refractivity contribution in [1.29, 1.82) is 0 Å². The molecule has 5 rings (SSSR count). The second-order valence-corrected chi connectivity index (χ2v) is 7.16. The summed E-state index contributed by atoms with van der Waals surface area (Å²) in [5.41, 5.74) is 1.15. The fraction of sp³-hybridized carbons (Fsp3) is 0.421. The number of carbonyl (C=O) groups is 1. The topological polar surface area (TPSA) is 88.6 Å². The summed E-state index contributed by atoms with van der Waals surface area (Å²) in [6.07, 6.45) is 2.23. The van der Waals surface area contributed by atoms with Gasteiger partial charge in [-0.15, -0.1) is 24.8 Å². The summed E-state index contributed by atoms with van der Waals surface area (Å²) in [5.74, 6) is 0.781. The smallest absolute Gasteiger partial charge is 0.287 e. The van der Waals surface area contributed by atoms with E-state index in [1.165, 1.54) is 6.07 Å². The van der Waals surface area contributed by atoms with Crippen molar-refractivity contribution in [1.82, 2.24) is 10.2 Å². The molecule has 1 N–H and O–H groups in total. The average Bonchev–Trinajstić information content (AvgIpc) is 3.12. The number of piperidine rings is 3. The number of nitro groups is 1. The number of rotatable bonds is 4. The van der Waals surface area contributed by atoms with E-state index in [-0.39, 0.29) is 48.2 Å². The van der Waals surface area contributed by atoms with Gasteiger partial charge in [0.2, 0.25) is 0 Å². The standard InChI is InChI=1S/C19H21N3O4.2ClH/c1-12-2-3-14(16(10-12)22(24)25)17-4-5-18(26-17)19(23)20-15-11-21-8-6-13(15)7-9-21;;/h2-5,10,13,15H,6-9,11H2,1H3,(H,20,23);2*1H/t15-;;/m0../s1. The lowest BCUT2D eigenvalue weighted by Gasteiger charge is -2.44. The molecule has 1 amide bonds. The quantitative estimate of drug-likeness (QED) is 0.591. The van der Waals surface area contributed by atoms with Gasteiger partial charge in [0.1, 0.15) is 5.76 Å². The first kappa shape index (κ1) is 22.2. The third kappa shape index (κ3) is 4.32. The van der Waals surface area contributed by atoms with E-state index in [1.807, 2.05) is 0 Å². The minimum Gasteiger partial charge on any atom is -0.451 e. The summed E-state index contributed by atoms with van der Waals surface area (Å²) in [6, 6.07) is 8.29. The Morgan fingerprint density at radius 3 is 2.54 bits per heavy atom. The molecule has 1 aromatic heterocycles. The maximum absolute atomic E-state index is 12.5. The molecule has 2 bridgehead atoms. The molecule has 0 unspecified atom stereocenters. The number of hydrogen-bond acceptors (Lipinski definition) is 5. The van der Waals surface area contributed by atoms with E-state index in [2.05, 4.69) is 10.2 Å². The van der Waals surface area contributed by atoms with E-state index in [0.29, 0.717) is 17.2 Å². The number of nitrogens with zero attached hydrogens (tertiary/aromatic N) is 2. The second kappa shape index (κ2) is 8.94. The molecule has 0 spiro atoms. The van der Waals surface area contributed by atoms with Gasteiger partial charge in [0.25, 0.3) is 11.6 Å². The minimum atomic E-state index is -0.433. The van der Waals surface area contributed by atoms with Crippen LogP contribution in [0.4, 0.5) is 5.69 Å². The predicted molar refractivity (Wildman–Crippen MR) is 110 cm³/mol. The van der Waals surface area contributed by atoms with Gasteiger partial charge in [-0.3, -0.25) is 14.9 Å². The highest BCUT2D eigenvalue weighted by atomic mass is 35.5. The zero-order chi connectivity index (χ0) is 18.3. The Balaban J connectivity index is 0.00000140. The molecule has 0 aliphatic carbocycles. The number of amides is 1. The summed E-state index contributed by atoms with van der Waals surface area (Å²) >= 11 is 0. The zero-order valence-corrected chi connectivity index (χ0v) is 17.1. The lowest BCUT2D eigenvalue weighted by Crippen LogP contribution is -2.57. The van der Waals surface area contributed by atoms with E-state index in [0.717, 1.165) is 38.0 Å². The van der Waals surface area contributed by atoms with Crippen LogP contribution < -0.4 is 5.32 Å². The van der Waals surface area contributed by atoms with Crippen molar-refractivity contribution in [2.75, 3.05) is 19.6 Å². The molecule has 28 heavy (non-hydrogen) atoms. The molecule has 0 radical (unpaired) electrons. The molecule has 1 aromatic carbocycles. The number of hydrogen-bond donors (Lipinski definition) is 1. The fourth-order valence-corrected chi connectivity index (χ4v) is 3.97. The Bertz CT molecular complexity index is 863. The summed E-state index contributed by atoms with van der Waals surface area (Å²) < 4.78 is 5.65. The third-order valence-corrected chi connectivity index (χ3v) is 5.42. The molecule has 152 valence electrons. The average molecular weight is 428 g/mol. The first-order valence-corrected chi connectivity index (χ1v) is 8.90. The van der Waals surface area contributed by atoms with Crippen LogP contribution >= 0.6 is 24.8 Å². The minimum absolute atomic E-state index is 0. The van der Waals surface area contributed by atoms with Gasteiger partial charge in [0.05, 0.1) is 10.5 Å². The van der Waals surface area contributed by atoms with Gasteiger partial charge >= 0.3 is 0 Å². The maximum atomic E-state index is 12.5. The lowest BCUT2D eigenvalue weighted by molar-refractivity contribution is -0.384. The monoisotopic (exact) mass is 427 g/mol.